The standard InChI is InChI=1S/C19H19NO4S3/c20-14-16-6-11-19(25-16)27(23,24)18-9-7-17(8-10-18)26(21,22)13-12-15-4-2-1-3-5-15/h1-11H,12-14,20H2. The Morgan fingerprint density at radius 3 is 2.00 bits per heavy atom. The first-order valence-corrected chi connectivity index (χ1v) is 12.2. The van der Waals surface area contributed by atoms with Crippen molar-refractivity contribution in [1.29, 1.82) is 0 Å². The molecule has 1 aromatic heterocycles. The van der Waals surface area contributed by atoms with Crippen LogP contribution in [-0.4, -0.2) is 22.6 Å². The van der Waals surface area contributed by atoms with Crippen LogP contribution in [-0.2, 0) is 32.6 Å². The summed E-state index contributed by atoms with van der Waals surface area (Å²) >= 11 is 1.12. The molecule has 1 heterocycles. The smallest absolute Gasteiger partial charge is 0.215 e. The molecule has 0 aliphatic rings. The fraction of sp³-hybridized carbons (Fsp3) is 0.158. The minimum Gasteiger partial charge on any atom is -0.326 e. The highest BCUT2D eigenvalue weighted by atomic mass is 32.2. The molecule has 0 aliphatic carbocycles. The molecule has 2 aromatic carbocycles. The molecule has 3 rings (SSSR count). The number of benzene rings is 2. The lowest BCUT2D eigenvalue weighted by Crippen LogP contribution is -2.09. The third-order valence-corrected chi connectivity index (χ3v) is 9.20. The topological polar surface area (TPSA) is 94.3 Å². The summed E-state index contributed by atoms with van der Waals surface area (Å²) in [6.45, 7) is 0.277. The lowest BCUT2D eigenvalue weighted by atomic mass is 10.2. The number of aryl methyl sites for hydroxylation is 1. The second kappa shape index (κ2) is 7.93. The molecule has 0 unspecified atom stereocenters. The normalized spacial score (nSPS) is 12.2. The molecule has 0 atom stereocenters. The number of rotatable bonds is 7. The van der Waals surface area contributed by atoms with Crippen LogP contribution in [0.1, 0.15) is 10.4 Å². The van der Waals surface area contributed by atoms with E-state index in [0.29, 0.717) is 6.42 Å². The number of nitrogens with two attached hydrogens (primary N) is 1. The van der Waals surface area contributed by atoms with E-state index >= 15 is 0 Å². The molecular weight excluding hydrogens is 402 g/mol. The summed E-state index contributed by atoms with van der Waals surface area (Å²) in [7, 11) is -7.17. The van der Waals surface area contributed by atoms with Gasteiger partial charge in [0.2, 0.25) is 9.84 Å². The Morgan fingerprint density at radius 2 is 1.41 bits per heavy atom. The van der Waals surface area contributed by atoms with Crippen LogP contribution in [0, 0.1) is 0 Å². The van der Waals surface area contributed by atoms with E-state index in [9.17, 15) is 16.8 Å². The first kappa shape index (κ1) is 19.8. The molecular formula is C19H19NO4S3. The predicted molar refractivity (Wildman–Crippen MR) is 106 cm³/mol. The lowest BCUT2D eigenvalue weighted by Gasteiger charge is -2.07. The average Bonchev–Trinajstić information content (AvgIpc) is 3.18. The van der Waals surface area contributed by atoms with Gasteiger partial charge in [0.05, 0.1) is 15.5 Å². The summed E-state index contributed by atoms with van der Waals surface area (Å²) in [5, 5.41) is 0. The molecule has 0 amide bonds. The Balaban J connectivity index is 1.79. The molecule has 0 bridgehead atoms. The molecule has 0 saturated heterocycles. The average molecular weight is 422 g/mol. The van der Waals surface area contributed by atoms with Crippen molar-refractivity contribution in [2.45, 2.75) is 27.0 Å². The second-order valence-electron chi connectivity index (χ2n) is 5.95. The summed E-state index contributed by atoms with van der Waals surface area (Å²) < 4.78 is 50.5. The van der Waals surface area contributed by atoms with Crippen molar-refractivity contribution in [3.63, 3.8) is 0 Å². The van der Waals surface area contributed by atoms with Crippen LogP contribution in [0.4, 0.5) is 0 Å². The van der Waals surface area contributed by atoms with Crippen LogP contribution < -0.4 is 5.73 Å². The molecule has 142 valence electrons. The van der Waals surface area contributed by atoms with Gasteiger partial charge in [-0.3, -0.25) is 0 Å². The third-order valence-electron chi connectivity index (χ3n) is 4.10. The van der Waals surface area contributed by atoms with Crippen molar-refractivity contribution in [3.8, 4) is 0 Å². The summed E-state index contributed by atoms with van der Waals surface area (Å²) in [5.41, 5.74) is 6.47. The Hall–Kier alpha value is -2.00. The zero-order valence-corrected chi connectivity index (χ0v) is 16.9. The Morgan fingerprint density at radius 1 is 0.778 bits per heavy atom. The Bertz CT molecular complexity index is 1120. The largest absolute Gasteiger partial charge is 0.326 e. The molecule has 2 N–H and O–H groups in total. The van der Waals surface area contributed by atoms with Gasteiger partial charge in [-0.25, -0.2) is 16.8 Å². The number of thiophene rings is 1. The van der Waals surface area contributed by atoms with E-state index in [1.165, 1.54) is 30.3 Å². The number of hydrogen-bond donors (Lipinski definition) is 1. The minimum atomic E-state index is -3.68. The fourth-order valence-electron chi connectivity index (χ4n) is 2.57. The van der Waals surface area contributed by atoms with Gasteiger partial charge in [0.15, 0.2) is 9.84 Å². The van der Waals surface area contributed by atoms with Crippen molar-refractivity contribution in [2.75, 3.05) is 5.75 Å². The molecule has 27 heavy (non-hydrogen) atoms. The predicted octanol–water partition coefficient (Wildman–Crippen LogP) is 3.06. The fourth-order valence-corrected chi connectivity index (χ4v) is 6.50. The van der Waals surface area contributed by atoms with Crippen LogP contribution in [0.15, 0.2) is 80.7 Å². The van der Waals surface area contributed by atoms with E-state index < -0.39 is 19.7 Å². The van der Waals surface area contributed by atoms with Crippen LogP contribution in [0.5, 0.6) is 0 Å². The third kappa shape index (κ3) is 4.47. The van der Waals surface area contributed by atoms with Gasteiger partial charge in [-0.2, -0.15) is 0 Å². The maximum Gasteiger partial charge on any atom is 0.215 e. The quantitative estimate of drug-likeness (QED) is 0.633. The maximum absolute atomic E-state index is 12.7. The zero-order chi connectivity index (χ0) is 19.5. The van der Waals surface area contributed by atoms with Crippen LogP contribution >= 0.6 is 11.3 Å². The van der Waals surface area contributed by atoms with Gasteiger partial charge in [0.25, 0.3) is 0 Å². The first-order chi connectivity index (χ1) is 12.8. The zero-order valence-electron chi connectivity index (χ0n) is 14.4. The summed E-state index contributed by atoms with van der Waals surface area (Å²) in [6, 6.07) is 17.9. The van der Waals surface area contributed by atoms with Crippen LogP contribution in [0.3, 0.4) is 0 Å². The van der Waals surface area contributed by atoms with Crippen LogP contribution in [0.2, 0.25) is 0 Å². The summed E-state index contributed by atoms with van der Waals surface area (Å²) in [4.78, 5) is 0.954. The van der Waals surface area contributed by atoms with E-state index in [1.54, 1.807) is 6.07 Å². The van der Waals surface area contributed by atoms with Gasteiger partial charge in [-0.05, 0) is 48.4 Å². The van der Waals surface area contributed by atoms with E-state index in [-0.39, 0.29) is 26.3 Å². The van der Waals surface area contributed by atoms with Crippen molar-refractivity contribution in [2.24, 2.45) is 5.73 Å². The summed E-state index contributed by atoms with van der Waals surface area (Å²) in [6.07, 6.45) is 0.403. The molecule has 0 spiro atoms. The second-order valence-corrected chi connectivity index (χ2v) is 11.4. The molecule has 0 saturated carbocycles. The monoisotopic (exact) mass is 421 g/mol. The first-order valence-electron chi connectivity index (χ1n) is 8.23. The van der Waals surface area contributed by atoms with Crippen molar-refractivity contribution < 1.29 is 16.8 Å². The summed E-state index contributed by atoms with van der Waals surface area (Å²) in [5.74, 6) is -0.0338. The molecule has 0 radical (unpaired) electrons. The maximum atomic E-state index is 12.7. The van der Waals surface area contributed by atoms with Gasteiger partial charge >= 0.3 is 0 Å². The molecule has 0 fully saturated rings. The Kier molecular flexibility index (Phi) is 5.81. The van der Waals surface area contributed by atoms with Gasteiger partial charge in [-0.15, -0.1) is 11.3 Å². The minimum absolute atomic E-state index is 0.0338. The number of hydrogen-bond acceptors (Lipinski definition) is 6. The highest BCUT2D eigenvalue weighted by Gasteiger charge is 2.21. The van der Waals surface area contributed by atoms with Crippen LogP contribution in [0.25, 0.3) is 0 Å². The van der Waals surface area contributed by atoms with E-state index in [1.807, 2.05) is 30.3 Å². The van der Waals surface area contributed by atoms with E-state index in [0.717, 1.165) is 21.8 Å². The van der Waals surface area contributed by atoms with Crippen molar-refractivity contribution in [1.82, 2.24) is 0 Å². The molecule has 3 aromatic rings. The van der Waals surface area contributed by atoms with Gasteiger partial charge in [0.1, 0.15) is 4.21 Å². The number of sulfone groups is 2. The lowest BCUT2D eigenvalue weighted by molar-refractivity contribution is 0.592. The molecule has 0 aliphatic heterocycles. The van der Waals surface area contributed by atoms with E-state index in [4.69, 9.17) is 5.73 Å². The Labute approximate surface area is 163 Å². The van der Waals surface area contributed by atoms with E-state index in [2.05, 4.69) is 0 Å². The van der Waals surface area contributed by atoms with Gasteiger partial charge in [0, 0.05) is 11.4 Å². The molecule has 5 nitrogen and oxygen atoms in total. The van der Waals surface area contributed by atoms with Crippen molar-refractivity contribution >= 4 is 31.0 Å². The SMILES string of the molecule is NCc1ccc(S(=O)(=O)c2ccc(S(=O)(=O)CCc3ccccc3)cc2)s1. The highest BCUT2D eigenvalue weighted by molar-refractivity contribution is 7.93. The van der Waals surface area contributed by atoms with Gasteiger partial charge in [-0.1, -0.05) is 30.3 Å². The highest BCUT2D eigenvalue weighted by Crippen LogP contribution is 2.28. The molecule has 8 heteroatoms. The van der Waals surface area contributed by atoms with Crippen molar-refractivity contribution in [3.05, 3.63) is 77.2 Å². The van der Waals surface area contributed by atoms with Gasteiger partial charge < -0.3 is 5.73 Å².